The van der Waals surface area contributed by atoms with Gasteiger partial charge in [-0.15, -0.1) is 0 Å². The maximum absolute atomic E-state index is 3.44. The molecule has 2 nitrogen and oxygen atoms in total. The van der Waals surface area contributed by atoms with Crippen molar-refractivity contribution in [3.05, 3.63) is 0 Å². The fourth-order valence-electron chi connectivity index (χ4n) is 1.69. The lowest BCUT2D eigenvalue weighted by atomic mass is 10.1. The lowest BCUT2D eigenvalue weighted by Gasteiger charge is -2.18. The lowest BCUT2D eigenvalue weighted by Crippen LogP contribution is -2.30. The molecule has 0 saturated carbocycles. The molecule has 0 bridgehead atoms. The molecular formula is C9H20N2. The minimum Gasteiger partial charge on any atom is -0.315 e. The SMILES string of the molecule is CC1CCCNCCN(C)C1. The second-order valence-electron chi connectivity index (χ2n) is 3.76. The van der Waals surface area contributed by atoms with Crippen LogP contribution in [-0.4, -0.2) is 38.1 Å². The Bertz CT molecular complexity index is 91.7. The highest BCUT2D eigenvalue weighted by atomic mass is 15.1. The summed E-state index contributed by atoms with van der Waals surface area (Å²) < 4.78 is 0. The Hall–Kier alpha value is -0.0800. The van der Waals surface area contributed by atoms with Crippen LogP contribution in [0.2, 0.25) is 0 Å². The Balaban J connectivity index is 2.27. The highest BCUT2D eigenvalue weighted by Crippen LogP contribution is 2.07. The highest BCUT2D eigenvalue weighted by molar-refractivity contribution is 4.64. The zero-order valence-corrected chi connectivity index (χ0v) is 7.77. The molecule has 66 valence electrons. The number of nitrogens with one attached hydrogen (secondary N) is 1. The Morgan fingerprint density at radius 3 is 3.00 bits per heavy atom. The molecule has 1 unspecified atom stereocenters. The lowest BCUT2D eigenvalue weighted by molar-refractivity contribution is 0.288. The van der Waals surface area contributed by atoms with Gasteiger partial charge in [-0.25, -0.2) is 0 Å². The summed E-state index contributed by atoms with van der Waals surface area (Å²) in [5, 5.41) is 3.44. The number of likely N-dealkylation sites (N-methyl/N-ethyl adjacent to an activating group) is 1. The average molecular weight is 156 g/mol. The molecule has 11 heavy (non-hydrogen) atoms. The van der Waals surface area contributed by atoms with Gasteiger partial charge in [0.15, 0.2) is 0 Å². The first-order chi connectivity index (χ1) is 5.29. The van der Waals surface area contributed by atoms with Gasteiger partial charge in [-0.1, -0.05) is 6.92 Å². The van der Waals surface area contributed by atoms with Crippen molar-refractivity contribution in [2.75, 3.05) is 33.2 Å². The van der Waals surface area contributed by atoms with Crippen LogP contribution in [0, 0.1) is 5.92 Å². The van der Waals surface area contributed by atoms with E-state index in [1.807, 2.05) is 0 Å². The maximum atomic E-state index is 3.44. The molecule has 1 saturated heterocycles. The molecule has 0 radical (unpaired) electrons. The zero-order valence-electron chi connectivity index (χ0n) is 7.77. The number of hydrogen-bond donors (Lipinski definition) is 1. The van der Waals surface area contributed by atoms with Gasteiger partial charge in [0.05, 0.1) is 0 Å². The van der Waals surface area contributed by atoms with Gasteiger partial charge in [-0.2, -0.15) is 0 Å². The zero-order chi connectivity index (χ0) is 8.10. The van der Waals surface area contributed by atoms with Crippen molar-refractivity contribution >= 4 is 0 Å². The van der Waals surface area contributed by atoms with E-state index in [2.05, 4.69) is 24.2 Å². The molecule has 0 amide bonds. The number of nitrogens with zero attached hydrogens (tertiary/aromatic N) is 1. The first kappa shape index (κ1) is 9.01. The van der Waals surface area contributed by atoms with Gasteiger partial charge >= 0.3 is 0 Å². The molecule has 1 N–H and O–H groups in total. The van der Waals surface area contributed by atoms with Crippen LogP contribution in [0.1, 0.15) is 19.8 Å². The standard InChI is InChI=1S/C9H20N2/c1-9-4-3-5-10-6-7-11(2)8-9/h9-10H,3-8H2,1-2H3. The van der Waals surface area contributed by atoms with Crippen molar-refractivity contribution in [2.24, 2.45) is 5.92 Å². The minimum atomic E-state index is 0.875. The molecule has 0 spiro atoms. The van der Waals surface area contributed by atoms with Crippen LogP contribution < -0.4 is 5.32 Å². The van der Waals surface area contributed by atoms with Crippen molar-refractivity contribution in [1.82, 2.24) is 10.2 Å². The van der Waals surface area contributed by atoms with Gasteiger partial charge in [-0.3, -0.25) is 0 Å². The van der Waals surface area contributed by atoms with E-state index < -0.39 is 0 Å². The topological polar surface area (TPSA) is 15.3 Å². The Morgan fingerprint density at radius 1 is 1.36 bits per heavy atom. The first-order valence-corrected chi connectivity index (χ1v) is 4.68. The fraction of sp³-hybridized carbons (Fsp3) is 1.00. The van der Waals surface area contributed by atoms with Gasteiger partial charge in [0.2, 0.25) is 0 Å². The maximum Gasteiger partial charge on any atom is 0.0104 e. The van der Waals surface area contributed by atoms with Crippen LogP contribution in [-0.2, 0) is 0 Å². The predicted octanol–water partition coefficient (Wildman–Crippen LogP) is 0.938. The predicted molar refractivity (Wildman–Crippen MR) is 48.8 cm³/mol. The molecule has 2 heteroatoms. The summed E-state index contributed by atoms with van der Waals surface area (Å²) in [5.74, 6) is 0.875. The molecule has 1 heterocycles. The molecule has 0 aromatic carbocycles. The molecule has 1 aliphatic rings. The van der Waals surface area contributed by atoms with Crippen LogP contribution >= 0.6 is 0 Å². The summed E-state index contributed by atoms with van der Waals surface area (Å²) >= 11 is 0. The molecule has 0 aromatic rings. The van der Waals surface area contributed by atoms with Crippen LogP contribution in [0.15, 0.2) is 0 Å². The normalized spacial score (nSPS) is 30.5. The summed E-state index contributed by atoms with van der Waals surface area (Å²) in [7, 11) is 2.21. The summed E-state index contributed by atoms with van der Waals surface area (Å²) in [6.07, 6.45) is 2.71. The Morgan fingerprint density at radius 2 is 2.18 bits per heavy atom. The van der Waals surface area contributed by atoms with Crippen molar-refractivity contribution in [3.8, 4) is 0 Å². The van der Waals surface area contributed by atoms with Gasteiger partial charge in [0, 0.05) is 19.6 Å². The van der Waals surface area contributed by atoms with E-state index in [1.165, 1.54) is 32.5 Å². The quantitative estimate of drug-likeness (QED) is 0.561. The minimum absolute atomic E-state index is 0.875. The molecule has 0 aliphatic carbocycles. The number of rotatable bonds is 0. The largest absolute Gasteiger partial charge is 0.315 e. The average Bonchev–Trinajstić information content (AvgIpc) is 2.02. The molecule has 1 fully saturated rings. The fourth-order valence-corrected chi connectivity index (χ4v) is 1.69. The van der Waals surface area contributed by atoms with Crippen molar-refractivity contribution < 1.29 is 0 Å². The second-order valence-corrected chi connectivity index (χ2v) is 3.76. The van der Waals surface area contributed by atoms with Gasteiger partial charge < -0.3 is 10.2 Å². The summed E-state index contributed by atoms with van der Waals surface area (Å²) in [6.45, 7) is 7.18. The van der Waals surface area contributed by atoms with E-state index in [-0.39, 0.29) is 0 Å². The Labute approximate surface area is 70.0 Å². The van der Waals surface area contributed by atoms with Crippen molar-refractivity contribution in [1.29, 1.82) is 0 Å². The van der Waals surface area contributed by atoms with Crippen LogP contribution in [0.25, 0.3) is 0 Å². The van der Waals surface area contributed by atoms with Gasteiger partial charge in [0.25, 0.3) is 0 Å². The van der Waals surface area contributed by atoms with E-state index >= 15 is 0 Å². The molecular weight excluding hydrogens is 136 g/mol. The van der Waals surface area contributed by atoms with Crippen LogP contribution in [0.5, 0.6) is 0 Å². The molecule has 1 aliphatic heterocycles. The third-order valence-electron chi connectivity index (χ3n) is 2.34. The third kappa shape index (κ3) is 3.73. The second kappa shape index (κ2) is 4.73. The molecule has 1 rings (SSSR count). The first-order valence-electron chi connectivity index (χ1n) is 4.68. The molecule has 0 aromatic heterocycles. The monoisotopic (exact) mass is 156 g/mol. The van der Waals surface area contributed by atoms with Crippen molar-refractivity contribution in [3.63, 3.8) is 0 Å². The van der Waals surface area contributed by atoms with Gasteiger partial charge in [-0.05, 0) is 32.4 Å². The van der Waals surface area contributed by atoms with E-state index in [0.29, 0.717) is 0 Å². The summed E-state index contributed by atoms with van der Waals surface area (Å²) in [4.78, 5) is 2.42. The highest BCUT2D eigenvalue weighted by Gasteiger charge is 2.07. The van der Waals surface area contributed by atoms with E-state index in [0.717, 1.165) is 12.5 Å². The van der Waals surface area contributed by atoms with E-state index in [9.17, 15) is 0 Å². The van der Waals surface area contributed by atoms with Gasteiger partial charge in [0.1, 0.15) is 0 Å². The van der Waals surface area contributed by atoms with Crippen molar-refractivity contribution in [2.45, 2.75) is 19.8 Å². The number of hydrogen-bond acceptors (Lipinski definition) is 2. The summed E-state index contributed by atoms with van der Waals surface area (Å²) in [5.41, 5.74) is 0. The van der Waals surface area contributed by atoms with Crippen LogP contribution in [0.4, 0.5) is 0 Å². The van der Waals surface area contributed by atoms with Crippen LogP contribution in [0.3, 0.4) is 0 Å². The Kier molecular flexibility index (Phi) is 3.87. The molecule has 1 atom stereocenters. The van der Waals surface area contributed by atoms with E-state index in [4.69, 9.17) is 0 Å². The smallest absolute Gasteiger partial charge is 0.0104 e. The third-order valence-corrected chi connectivity index (χ3v) is 2.34. The summed E-state index contributed by atoms with van der Waals surface area (Å²) in [6, 6.07) is 0. The van der Waals surface area contributed by atoms with E-state index in [1.54, 1.807) is 0 Å².